The third-order valence-electron chi connectivity index (χ3n) is 2.24. The molecule has 2 fully saturated rings. The Morgan fingerprint density at radius 1 is 1.60 bits per heavy atom. The molecule has 2 heterocycles. The molecule has 0 radical (unpaired) electrons. The van der Waals surface area contributed by atoms with E-state index < -0.39 is 11.7 Å². The first kappa shape index (κ1) is 6.54. The number of hydrogen-bond acceptors (Lipinski definition) is 4. The number of hydrogen-bond donors (Lipinski definition) is 2. The van der Waals surface area contributed by atoms with E-state index in [9.17, 15) is 5.11 Å². The molecule has 3 atom stereocenters. The van der Waals surface area contributed by atoms with E-state index in [-0.39, 0.29) is 12.7 Å². The summed E-state index contributed by atoms with van der Waals surface area (Å²) in [6.45, 7) is 0.557. The summed E-state index contributed by atoms with van der Waals surface area (Å²) in [5, 5.41) is 18.2. The van der Waals surface area contributed by atoms with E-state index in [0.717, 1.165) is 0 Å². The third kappa shape index (κ3) is 0.594. The molecule has 0 aromatic heterocycles. The average Bonchev–Trinajstić information content (AvgIpc) is 2.46. The molecule has 2 aliphatic heterocycles. The summed E-state index contributed by atoms with van der Waals surface area (Å²) in [7, 11) is 0. The lowest BCUT2D eigenvalue weighted by atomic mass is 10.0. The lowest BCUT2D eigenvalue weighted by molar-refractivity contribution is -0.122. The maximum absolute atomic E-state index is 9.37. The fourth-order valence-electron chi connectivity index (χ4n) is 1.46. The van der Waals surface area contributed by atoms with E-state index in [0.29, 0.717) is 13.2 Å². The van der Waals surface area contributed by atoms with Gasteiger partial charge in [0.25, 0.3) is 0 Å². The minimum atomic E-state index is -0.801. The first-order valence-electron chi connectivity index (χ1n) is 3.33. The highest BCUT2D eigenvalue weighted by molar-refractivity contribution is 5.03. The van der Waals surface area contributed by atoms with Gasteiger partial charge in [-0.2, -0.15) is 0 Å². The summed E-state index contributed by atoms with van der Waals surface area (Å²) in [6, 6.07) is 0. The number of aliphatic hydroxyl groups excluding tert-OH is 2. The van der Waals surface area contributed by atoms with Crippen molar-refractivity contribution in [2.75, 3.05) is 19.8 Å². The van der Waals surface area contributed by atoms with Crippen LogP contribution in [0.3, 0.4) is 0 Å². The number of ether oxygens (including phenoxy) is 2. The lowest BCUT2D eigenvalue weighted by Gasteiger charge is -2.23. The van der Waals surface area contributed by atoms with Gasteiger partial charge >= 0.3 is 0 Å². The third-order valence-corrected chi connectivity index (χ3v) is 2.24. The topological polar surface area (TPSA) is 58.9 Å². The van der Waals surface area contributed by atoms with Gasteiger partial charge in [-0.1, -0.05) is 0 Å². The zero-order chi connectivity index (χ0) is 7.19. The van der Waals surface area contributed by atoms with Crippen molar-refractivity contribution in [3.63, 3.8) is 0 Å². The summed E-state index contributed by atoms with van der Waals surface area (Å²) in [5.41, 5.74) is -0.801. The second kappa shape index (κ2) is 1.92. The maximum Gasteiger partial charge on any atom is 0.143 e. The Morgan fingerprint density at radius 2 is 2.40 bits per heavy atom. The van der Waals surface area contributed by atoms with Crippen LogP contribution in [-0.4, -0.2) is 47.8 Å². The Balaban J connectivity index is 2.22. The molecule has 0 aromatic carbocycles. The van der Waals surface area contributed by atoms with E-state index in [1.165, 1.54) is 0 Å². The highest BCUT2D eigenvalue weighted by Gasteiger charge is 2.55. The second-order valence-corrected chi connectivity index (χ2v) is 2.83. The first-order chi connectivity index (χ1) is 4.78. The van der Waals surface area contributed by atoms with Crippen LogP contribution in [-0.2, 0) is 9.47 Å². The van der Waals surface area contributed by atoms with Crippen LogP contribution in [0.5, 0.6) is 0 Å². The molecule has 2 aliphatic rings. The molecule has 4 nitrogen and oxygen atoms in total. The summed E-state index contributed by atoms with van der Waals surface area (Å²) in [4.78, 5) is 0. The number of fused-ring (bicyclic) bond motifs is 2. The van der Waals surface area contributed by atoms with E-state index in [1.54, 1.807) is 0 Å². The van der Waals surface area contributed by atoms with Gasteiger partial charge in [0, 0.05) is 0 Å². The van der Waals surface area contributed by atoms with Gasteiger partial charge in [0.05, 0.1) is 19.8 Å². The van der Waals surface area contributed by atoms with Gasteiger partial charge in [-0.3, -0.25) is 0 Å². The van der Waals surface area contributed by atoms with Gasteiger partial charge in [0.1, 0.15) is 17.8 Å². The van der Waals surface area contributed by atoms with Gasteiger partial charge in [-0.05, 0) is 0 Å². The van der Waals surface area contributed by atoms with Crippen molar-refractivity contribution < 1.29 is 19.7 Å². The Kier molecular flexibility index (Phi) is 1.25. The van der Waals surface area contributed by atoms with Crippen LogP contribution in [0.25, 0.3) is 0 Å². The highest BCUT2D eigenvalue weighted by atomic mass is 16.6. The highest BCUT2D eigenvalue weighted by Crippen LogP contribution is 2.34. The summed E-state index contributed by atoms with van der Waals surface area (Å²) in [6.07, 6.45) is -0.857. The molecule has 2 saturated heterocycles. The molecule has 0 aliphatic carbocycles. The van der Waals surface area contributed by atoms with Gasteiger partial charge < -0.3 is 19.7 Å². The minimum absolute atomic E-state index is 0.162. The van der Waals surface area contributed by atoms with Crippen LogP contribution in [0.15, 0.2) is 0 Å². The summed E-state index contributed by atoms with van der Waals surface area (Å²) >= 11 is 0. The quantitative estimate of drug-likeness (QED) is 0.473. The van der Waals surface area contributed by atoms with Crippen molar-refractivity contribution in [1.29, 1.82) is 0 Å². The molecule has 58 valence electrons. The molecule has 1 unspecified atom stereocenters. The Bertz CT molecular complexity index is 139. The lowest BCUT2D eigenvalue weighted by Crippen LogP contribution is -2.43. The molecule has 2 rings (SSSR count). The number of aliphatic hydroxyl groups is 2. The Morgan fingerprint density at radius 3 is 2.60 bits per heavy atom. The van der Waals surface area contributed by atoms with Crippen LogP contribution in [0.2, 0.25) is 0 Å². The first-order valence-corrected chi connectivity index (χ1v) is 3.33. The SMILES string of the molecule is OC[C@]12CO[C@@H](CO1)C2O. The molecule has 0 aromatic rings. The van der Waals surface area contributed by atoms with Crippen LogP contribution in [0.4, 0.5) is 0 Å². The van der Waals surface area contributed by atoms with Gasteiger partial charge in [-0.25, -0.2) is 0 Å². The average molecular weight is 146 g/mol. The molecular weight excluding hydrogens is 136 g/mol. The van der Waals surface area contributed by atoms with Crippen molar-refractivity contribution in [1.82, 2.24) is 0 Å². The van der Waals surface area contributed by atoms with E-state index in [1.807, 2.05) is 0 Å². The molecule has 0 saturated carbocycles. The summed E-state index contributed by atoms with van der Waals surface area (Å²) < 4.78 is 10.3. The van der Waals surface area contributed by atoms with Crippen LogP contribution in [0, 0.1) is 0 Å². The molecule has 4 heteroatoms. The van der Waals surface area contributed by atoms with E-state index >= 15 is 0 Å². The van der Waals surface area contributed by atoms with Crippen molar-refractivity contribution in [2.45, 2.75) is 17.8 Å². The van der Waals surface area contributed by atoms with E-state index in [4.69, 9.17) is 14.6 Å². The van der Waals surface area contributed by atoms with Crippen molar-refractivity contribution >= 4 is 0 Å². The normalized spacial score (nSPS) is 52.2. The Labute approximate surface area is 58.4 Å². The van der Waals surface area contributed by atoms with Gasteiger partial charge in [-0.15, -0.1) is 0 Å². The predicted octanol–water partition coefficient (Wildman–Crippen LogP) is -1.49. The second-order valence-electron chi connectivity index (χ2n) is 2.83. The van der Waals surface area contributed by atoms with Crippen molar-refractivity contribution in [3.8, 4) is 0 Å². The van der Waals surface area contributed by atoms with Crippen LogP contribution >= 0.6 is 0 Å². The fourth-order valence-corrected chi connectivity index (χ4v) is 1.46. The monoisotopic (exact) mass is 146 g/mol. The van der Waals surface area contributed by atoms with Crippen molar-refractivity contribution in [3.05, 3.63) is 0 Å². The van der Waals surface area contributed by atoms with E-state index in [2.05, 4.69) is 0 Å². The van der Waals surface area contributed by atoms with Gasteiger partial charge in [0.15, 0.2) is 0 Å². The van der Waals surface area contributed by atoms with Crippen LogP contribution < -0.4 is 0 Å². The zero-order valence-corrected chi connectivity index (χ0v) is 5.49. The smallest absolute Gasteiger partial charge is 0.143 e. The molecule has 10 heavy (non-hydrogen) atoms. The molecule has 0 amide bonds. The molecular formula is C6H10O4. The fraction of sp³-hybridized carbons (Fsp3) is 1.00. The van der Waals surface area contributed by atoms with Crippen molar-refractivity contribution in [2.24, 2.45) is 0 Å². The predicted molar refractivity (Wildman–Crippen MR) is 31.5 cm³/mol. The Hall–Kier alpha value is -0.160. The molecule has 0 spiro atoms. The maximum atomic E-state index is 9.37. The van der Waals surface area contributed by atoms with Crippen LogP contribution in [0.1, 0.15) is 0 Å². The molecule has 2 bridgehead atoms. The van der Waals surface area contributed by atoms with Gasteiger partial charge in [0.2, 0.25) is 0 Å². The minimum Gasteiger partial charge on any atom is -0.393 e. The summed E-state index contributed by atoms with van der Waals surface area (Å²) in [5.74, 6) is 0. The largest absolute Gasteiger partial charge is 0.393 e. The number of rotatable bonds is 1. The standard InChI is InChI=1S/C6H10O4/c7-2-6-3-9-4(1-10-6)5(6)8/h4-5,7-8H,1-3H2/t4-,5?,6+/m0/s1. The molecule has 2 N–H and O–H groups in total. The zero-order valence-electron chi connectivity index (χ0n) is 5.49.